The van der Waals surface area contributed by atoms with Crippen molar-refractivity contribution in [1.82, 2.24) is 14.8 Å². The predicted molar refractivity (Wildman–Crippen MR) is 102 cm³/mol. The number of benzene rings is 1. The lowest BCUT2D eigenvalue weighted by Crippen LogP contribution is -2.45. The van der Waals surface area contributed by atoms with Crippen molar-refractivity contribution in [2.75, 3.05) is 26.2 Å². The van der Waals surface area contributed by atoms with Gasteiger partial charge in [0.15, 0.2) is 0 Å². The number of carbonyl (C=O) groups is 1. The Labute approximate surface area is 154 Å². The molecular weight excluding hydrogens is 326 g/mol. The SMILES string of the molecule is CC(=O)N1CCC(N2C[C@@H](Cc3ccnc4ccccc34)[C@@H](O)C2)CC1. The Morgan fingerprint density at radius 1 is 1.19 bits per heavy atom. The third-order valence-corrected chi connectivity index (χ3v) is 6.08. The monoisotopic (exact) mass is 353 g/mol. The summed E-state index contributed by atoms with van der Waals surface area (Å²) in [6, 6.07) is 10.8. The van der Waals surface area contributed by atoms with Gasteiger partial charge in [-0.25, -0.2) is 0 Å². The Balaban J connectivity index is 1.42. The molecule has 26 heavy (non-hydrogen) atoms. The minimum atomic E-state index is -0.284. The molecule has 4 rings (SSSR count). The maximum absolute atomic E-state index is 11.5. The summed E-state index contributed by atoms with van der Waals surface area (Å²) in [5, 5.41) is 11.8. The molecule has 0 aliphatic carbocycles. The number of β-amino-alcohol motifs (C(OH)–C–C–N with tert-alkyl or cyclic N) is 1. The van der Waals surface area contributed by atoms with Crippen LogP contribution in [0.2, 0.25) is 0 Å². The van der Waals surface area contributed by atoms with E-state index >= 15 is 0 Å². The second-order valence-corrected chi connectivity index (χ2v) is 7.71. The van der Waals surface area contributed by atoms with Gasteiger partial charge in [-0.2, -0.15) is 0 Å². The van der Waals surface area contributed by atoms with Crippen LogP contribution in [0.4, 0.5) is 0 Å². The number of pyridine rings is 1. The van der Waals surface area contributed by atoms with Crippen LogP contribution in [0.25, 0.3) is 10.9 Å². The first-order valence-corrected chi connectivity index (χ1v) is 9.62. The molecule has 1 amide bonds. The van der Waals surface area contributed by atoms with E-state index in [0.29, 0.717) is 6.04 Å². The van der Waals surface area contributed by atoms with Gasteiger partial charge in [0.1, 0.15) is 0 Å². The quantitative estimate of drug-likeness (QED) is 0.918. The number of aliphatic hydroxyl groups excluding tert-OH is 1. The molecule has 0 unspecified atom stereocenters. The molecule has 2 saturated heterocycles. The van der Waals surface area contributed by atoms with Crippen molar-refractivity contribution in [3.8, 4) is 0 Å². The molecular formula is C21H27N3O2. The number of amides is 1. The van der Waals surface area contributed by atoms with Crippen LogP contribution in [0.5, 0.6) is 0 Å². The van der Waals surface area contributed by atoms with E-state index in [1.165, 1.54) is 10.9 Å². The largest absolute Gasteiger partial charge is 0.391 e. The summed E-state index contributed by atoms with van der Waals surface area (Å²) < 4.78 is 0. The number of fused-ring (bicyclic) bond motifs is 1. The van der Waals surface area contributed by atoms with Gasteiger partial charge in [0, 0.05) is 56.6 Å². The van der Waals surface area contributed by atoms with E-state index < -0.39 is 0 Å². The highest BCUT2D eigenvalue weighted by atomic mass is 16.3. The molecule has 2 fully saturated rings. The zero-order valence-electron chi connectivity index (χ0n) is 15.3. The Morgan fingerprint density at radius 2 is 1.96 bits per heavy atom. The molecule has 5 heteroatoms. The van der Waals surface area contributed by atoms with E-state index in [9.17, 15) is 9.90 Å². The van der Waals surface area contributed by atoms with Gasteiger partial charge in [0.05, 0.1) is 11.6 Å². The molecule has 2 atom stereocenters. The first-order chi connectivity index (χ1) is 12.6. The van der Waals surface area contributed by atoms with Gasteiger partial charge < -0.3 is 10.0 Å². The van der Waals surface area contributed by atoms with Crippen molar-refractivity contribution in [2.24, 2.45) is 5.92 Å². The molecule has 0 radical (unpaired) electrons. The lowest BCUT2D eigenvalue weighted by molar-refractivity contribution is -0.130. The zero-order valence-corrected chi connectivity index (χ0v) is 15.3. The number of hydrogen-bond acceptors (Lipinski definition) is 4. The van der Waals surface area contributed by atoms with Crippen LogP contribution in [-0.4, -0.2) is 64.1 Å². The third-order valence-electron chi connectivity index (χ3n) is 6.08. The van der Waals surface area contributed by atoms with Crippen LogP contribution < -0.4 is 0 Å². The van der Waals surface area contributed by atoms with Crippen LogP contribution >= 0.6 is 0 Å². The second-order valence-electron chi connectivity index (χ2n) is 7.71. The van der Waals surface area contributed by atoms with E-state index in [-0.39, 0.29) is 17.9 Å². The topological polar surface area (TPSA) is 56.7 Å². The van der Waals surface area contributed by atoms with Gasteiger partial charge in [0.2, 0.25) is 5.91 Å². The first kappa shape index (κ1) is 17.4. The average molecular weight is 353 g/mol. The third kappa shape index (κ3) is 3.46. The van der Waals surface area contributed by atoms with Crippen molar-refractivity contribution in [1.29, 1.82) is 0 Å². The van der Waals surface area contributed by atoms with E-state index in [4.69, 9.17) is 0 Å². The minimum absolute atomic E-state index is 0.173. The molecule has 138 valence electrons. The summed E-state index contributed by atoms with van der Waals surface area (Å²) in [4.78, 5) is 20.3. The number of carbonyl (C=O) groups excluding carboxylic acids is 1. The highest BCUT2D eigenvalue weighted by Crippen LogP contribution is 2.29. The highest BCUT2D eigenvalue weighted by Gasteiger charge is 2.36. The Bertz CT molecular complexity index is 780. The van der Waals surface area contributed by atoms with Gasteiger partial charge in [-0.05, 0) is 37.0 Å². The number of piperidine rings is 1. The number of hydrogen-bond donors (Lipinski definition) is 1. The van der Waals surface area contributed by atoms with Gasteiger partial charge in [-0.1, -0.05) is 18.2 Å². The molecule has 0 bridgehead atoms. The van der Waals surface area contributed by atoms with E-state index in [1.807, 2.05) is 29.3 Å². The van der Waals surface area contributed by atoms with Gasteiger partial charge in [-0.15, -0.1) is 0 Å². The zero-order chi connectivity index (χ0) is 18.1. The fraction of sp³-hybridized carbons (Fsp3) is 0.524. The Hall–Kier alpha value is -1.98. The minimum Gasteiger partial charge on any atom is -0.391 e. The van der Waals surface area contributed by atoms with Gasteiger partial charge in [-0.3, -0.25) is 14.7 Å². The number of para-hydroxylation sites is 1. The normalized spacial score (nSPS) is 25.1. The smallest absolute Gasteiger partial charge is 0.219 e. The molecule has 1 aromatic heterocycles. The van der Waals surface area contributed by atoms with Crippen molar-refractivity contribution >= 4 is 16.8 Å². The van der Waals surface area contributed by atoms with E-state index in [0.717, 1.165) is 51.0 Å². The number of likely N-dealkylation sites (tertiary alicyclic amines) is 2. The summed E-state index contributed by atoms with van der Waals surface area (Å²) in [5.74, 6) is 0.430. The second kappa shape index (κ2) is 7.33. The van der Waals surface area contributed by atoms with Crippen LogP contribution in [-0.2, 0) is 11.2 Å². The number of nitrogens with zero attached hydrogens (tertiary/aromatic N) is 3. The number of aromatic nitrogens is 1. The van der Waals surface area contributed by atoms with Crippen molar-refractivity contribution in [3.05, 3.63) is 42.1 Å². The summed E-state index contributed by atoms with van der Waals surface area (Å²) >= 11 is 0. The van der Waals surface area contributed by atoms with Crippen LogP contribution in [0.1, 0.15) is 25.3 Å². The van der Waals surface area contributed by atoms with Crippen molar-refractivity contribution in [3.63, 3.8) is 0 Å². The molecule has 1 N–H and O–H groups in total. The van der Waals surface area contributed by atoms with E-state index in [2.05, 4.69) is 22.0 Å². The Kier molecular flexibility index (Phi) is 4.92. The maximum atomic E-state index is 11.5. The van der Waals surface area contributed by atoms with Crippen molar-refractivity contribution in [2.45, 2.75) is 38.3 Å². The Morgan fingerprint density at radius 3 is 2.73 bits per heavy atom. The molecule has 1 aromatic carbocycles. The average Bonchev–Trinajstić information content (AvgIpc) is 3.03. The van der Waals surface area contributed by atoms with Crippen LogP contribution in [0.3, 0.4) is 0 Å². The molecule has 2 aliphatic heterocycles. The summed E-state index contributed by atoms with van der Waals surface area (Å²) in [6.45, 7) is 5.01. The molecule has 3 heterocycles. The molecule has 0 spiro atoms. The standard InChI is InChI=1S/C21H27N3O2/c1-15(25)23-10-7-18(8-11-23)24-13-17(21(26)14-24)12-16-6-9-22-20-5-3-2-4-19(16)20/h2-6,9,17-18,21,26H,7-8,10-14H2,1H3/t17-,21+/m1/s1. The number of rotatable bonds is 3. The molecule has 0 saturated carbocycles. The maximum Gasteiger partial charge on any atom is 0.219 e. The van der Waals surface area contributed by atoms with Gasteiger partial charge >= 0.3 is 0 Å². The molecule has 2 aromatic rings. The fourth-order valence-corrected chi connectivity index (χ4v) is 4.55. The lowest BCUT2D eigenvalue weighted by Gasteiger charge is -2.36. The summed E-state index contributed by atoms with van der Waals surface area (Å²) in [7, 11) is 0. The van der Waals surface area contributed by atoms with Crippen molar-refractivity contribution < 1.29 is 9.90 Å². The fourth-order valence-electron chi connectivity index (χ4n) is 4.55. The number of aliphatic hydroxyl groups is 1. The van der Waals surface area contributed by atoms with Crippen LogP contribution in [0.15, 0.2) is 36.5 Å². The molecule has 5 nitrogen and oxygen atoms in total. The summed E-state index contributed by atoms with van der Waals surface area (Å²) in [6.07, 6.45) is 4.49. The lowest BCUT2D eigenvalue weighted by atomic mass is 9.94. The predicted octanol–water partition coefficient (Wildman–Crippen LogP) is 2.08. The summed E-state index contributed by atoms with van der Waals surface area (Å²) in [5.41, 5.74) is 2.29. The first-order valence-electron chi connectivity index (χ1n) is 9.62. The van der Waals surface area contributed by atoms with E-state index in [1.54, 1.807) is 6.92 Å². The van der Waals surface area contributed by atoms with Gasteiger partial charge in [0.25, 0.3) is 0 Å². The highest BCUT2D eigenvalue weighted by molar-refractivity contribution is 5.81. The van der Waals surface area contributed by atoms with Crippen LogP contribution in [0, 0.1) is 5.92 Å². The molecule has 2 aliphatic rings.